The zero-order valence-electron chi connectivity index (χ0n) is 10.1. The lowest BCUT2D eigenvalue weighted by Crippen LogP contribution is -2.15. The number of hydrogen-bond donors (Lipinski definition) is 0. The predicted octanol–water partition coefficient (Wildman–Crippen LogP) is 2.95. The van der Waals surface area contributed by atoms with Crippen molar-refractivity contribution < 1.29 is 14.2 Å². The molecule has 2 aromatic rings. The van der Waals surface area contributed by atoms with Crippen LogP contribution in [-0.4, -0.2) is 18.2 Å². The minimum Gasteiger partial charge on any atom is -0.486 e. The molecule has 1 aliphatic heterocycles. The molecule has 0 radical (unpaired) electrons. The minimum absolute atomic E-state index is 0.569. The van der Waals surface area contributed by atoms with Gasteiger partial charge in [0, 0.05) is 18.3 Å². The molecule has 3 rings (SSSR count). The normalized spacial score (nSPS) is 13.2. The summed E-state index contributed by atoms with van der Waals surface area (Å²) in [5.41, 5.74) is 1.11. The van der Waals surface area contributed by atoms with E-state index < -0.39 is 0 Å². The summed E-state index contributed by atoms with van der Waals surface area (Å²) in [5.74, 6) is 2.74. The zero-order valence-corrected chi connectivity index (χ0v) is 10.1. The van der Waals surface area contributed by atoms with Crippen LogP contribution in [-0.2, 0) is 0 Å². The van der Waals surface area contributed by atoms with Crippen LogP contribution in [0.25, 0.3) is 0 Å². The van der Waals surface area contributed by atoms with Gasteiger partial charge < -0.3 is 14.2 Å². The Morgan fingerprint density at radius 2 is 1.89 bits per heavy atom. The number of ether oxygens (including phenoxy) is 3. The number of pyridine rings is 1. The summed E-state index contributed by atoms with van der Waals surface area (Å²) in [5, 5.41) is 0. The fourth-order valence-corrected chi connectivity index (χ4v) is 1.77. The Morgan fingerprint density at radius 3 is 2.72 bits per heavy atom. The highest BCUT2D eigenvalue weighted by Crippen LogP contribution is 2.34. The summed E-state index contributed by atoms with van der Waals surface area (Å²) in [7, 11) is 0. The summed E-state index contributed by atoms with van der Waals surface area (Å²) < 4.78 is 16.6. The molecule has 92 valence electrons. The summed E-state index contributed by atoms with van der Waals surface area (Å²) in [4.78, 5) is 4.15. The molecular formula is C14H13NO3. The first kappa shape index (κ1) is 10.9. The summed E-state index contributed by atoms with van der Waals surface area (Å²) >= 11 is 0. The summed E-state index contributed by atoms with van der Waals surface area (Å²) in [6.07, 6.45) is 1.72. The van der Waals surface area contributed by atoms with Gasteiger partial charge in [-0.3, -0.25) is 0 Å². The van der Waals surface area contributed by atoms with E-state index in [1.165, 1.54) is 0 Å². The van der Waals surface area contributed by atoms with Gasteiger partial charge in [-0.05, 0) is 30.7 Å². The van der Waals surface area contributed by atoms with Crippen molar-refractivity contribution in [3.8, 4) is 23.1 Å². The number of aryl methyl sites for hydroxylation is 1. The van der Waals surface area contributed by atoms with Gasteiger partial charge in [0.1, 0.15) is 19.0 Å². The third-order valence-electron chi connectivity index (χ3n) is 2.63. The van der Waals surface area contributed by atoms with Crippen LogP contribution in [0.4, 0.5) is 0 Å². The van der Waals surface area contributed by atoms with E-state index in [1.807, 2.05) is 37.3 Å². The topological polar surface area (TPSA) is 40.6 Å². The van der Waals surface area contributed by atoms with Crippen LogP contribution in [0, 0.1) is 6.92 Å². The highest BCUT2D eigenvalue weighted by molar-refractivity contribution is 5.47. The van der Waals surface area contributed by atoms with Crippen molar-refractivity contribution in [2.45, 2.75) is 6.92 Å². The van der Waals surface area contributed by atoms with Gasteiger partial charge in [0.15, 0.2) is 11.5 Å². The Bertz CT molecular complexity index is 569. The number of benzene rings is 1. The molecule has 0 spiro atoms. The number of rotatable bonds is 2. The van der Waals surface area contributed by atoms with Gasteiger partial charge >= 0.3 is 0 Å². The monoisotopic (exact) mass is 243 g/mol. The van der Waals surface area contributed by atoms with Gasteiger partial charge in [-0.2, -0.15) is 0 Å². The van der Waals surface area contributed by atoms with Gasteiger partial charge in [-0.1, -0.05) is 0 Å². The molecule has 18 heavy (non-hydrogen) atoms. The van der Waals surface area contributed by atoms with Crippen LogP contribution in [0.2, 0.25) is 0 Å². The van der Waals surface area contributed by atoms with E-state index in [-0.39, 0.29) is 0 Å². The summed E-state index contributed by atoms with van der Waals surface area (Å²) in [6.45, 7) is 3.16. The zero-order chi connectivity index (χ0) is 12.4. The first-order chi connectivity index (χ1) is 8.81. The highest BCUT2D eigenvalue weighted by atomic mass is 16.6. The standard InChI is InChI=1S/C14H13NO3/c1-10-4-5-15-14(8-10)18-11-2-3-12-13(9-11)17-7-6-16-12/h2-5,8-9H,6-7H2,1H3. The van der Waals surface area contributed by atoms with Gasteiger partial charge in [0.2, 0.25) is 5.88 Å². The fraction of sp³-hybridized carbons (Fsp3) is 0.214. The SMILES string of the molecule is Cc1ccnc(Oc2ccc3c(c2)OCCO3)c1. The Balaban J connectivity index is 1.85. The van der Waals surface area contributed by atoms with Crippen molar-refractivity contribution in [2.75, 3.05) is 13.2 Å². The van der Waals surface area contributed by atoms with E-state index in [1.54, 1.807) is 6.20 Å². The van der Waals surface area contributed by atoms with Crippen molar-refractivity contribution in [3.63, 3.8) is 0 Å². The lowest BCUT2D eigenvalue weighted by Gasteiger charge is -2.18. The van der Waals surface area contributed by atoms with E-state index in [0.717, 1.165) is 11.3 Å². The van der Waals surface area contributed by atoms with Crippen LogP contribution in [0.15, 0.2) is 36.5 Å². The quantitative estimate of drug-likeness (QED) is 0.813. The lowest BCUT2D eigenvalue weighted by molar-refractivity contribution is 0.171. The molecule has 0 saturated heterocycles. The van der Waals surface area contributed by atoms with E-state index in [0.29, 0.717) is 30.6 Å². The maximum atomic E-state index is 5.68. The maximum absolute atomic E-state index is 5.68. The molecule has 0 N–H and O–H groups in total. The number of nitrogens with zero attached hydrogens (tertiary/aromatic N) is 1. The molecule has 0 fully saturated rings. The first-order valence-corrected chi connectivity index (χ1v) is 5.81. The smallest absolute Gasteiger partial charge is 0.219 e. The molecule has 0 amide bonds. The van der Waals surface area contributed by atoms with Crippen LogP contribution in [0.3, 0.4) is 0 Å². The molecule has 4 heteroatoms. The second kappa shape index (κ2) is 4.56. The lowest BCUT2D eigenvalue weighted by atomic mass is 10.3. The average molecular weight is 243 g/mol. The van der Waals surface area contributed by atoms with E-state index in [2.05, 4.69) is 4.98 Å². The predicted molar refractivity (Wildman–Crippen MR) is 66.5 cm³/mol. The van der Waals surface area contributed by atoms with E-state index in [9.17, 15) is 0 Å². The first-order valence-electron chi connectivity index (χ1n) is 5.81. The summed E-state index contributed by atoms with van der Waals surface area (Å²) in [6, 6.07) is 9.32. The van der Waals surface area contributed by atoms with E-state index >= 15 is 0 Å². The van der Waals surface area contributed by atoms with E-state index in [4.69, 9.17) is 14.2 Å². The largest absolute Gasteiger partial charge is 0.486 e. The Morgan fingerprint density at radius 1 is 1.06 bits per heavy atom. The van der Waals surface area contributed by atoms with Gasteiger partial charge in [0.05, 0.1) is 0 Å². The second-order valence-corrected chi connectivity index (χ2v) is 4.08. The van der Waals surface area contributed by atoms with Crippen LogP contribution < -0.4 is 14.2 Å². The van der Waals surface area contributed by atoms with Crippen LogP contribution in [0.1, 0.15) is 5.56 Å². The van der Waals surface area contributed by atoms with Crippen molar-refractivity contribution in [3.05, 3.63) is 42.1 Å². The molecule has 1 aliphatic rings. The third kappa shape index (κ3) is 2.22. The molecule has 0 atom stereocenters. The Hall–Kier alpha value is -2.23. The molecule has 1 aromatic carbocycles. The highest BCUT2D eigenvalue weighted by Gasteiger charge is 2.12. The number of aromatic nitrogens is 1. The minimum atomic E-state index is 0.569. The van der Waals surface area contributed by atoms with Gasteiger partial charge in [-0.15, -0.1) is 0 Å². The molecule has 1 aromatic heterocycles. The van der Waals surface area contributed by atoms with Crippen LogP contribution in [0.5, 0.6) is 23.1 Å². The molecule has 0 bridgehead atoms. The molecule has 2 heterocycles. The van der Waals surface area contributed by atoms with Gasteiger partial charge in [0.25, 0.3) is 0 Å². The number of fused-ring (bicyclic) bond motifs is 1. The molecule has 0 unspecified atom stereocenters. The maximum Gasteiger partial charge on any atom is 0.219 e. The molecule has 0 aliphatic carbocycles. The molecule has 4 nitrogen and oxygen atoms in total. The third-order valence-corrected chi connectivity index (χ3v) is 2.63. The van der Waals surface area contributed by atoms with Crippen molar-refractivity contribution in [2.24, 2.45) is 0 Å². The van der Waals surface area contributed by atoms with Crippen molar-refractivity contribution >= 4 is 0 Å². The Kier molecular flexibility index (Phi) is 2.76. The van der Waals surface area contributed by atoms with Crippen molar-refractivity contribution in [1.29, 1.82) is 0 Å². The van der Waals surface area contributed by atoms with Gasteiger partial charge in [-0.25, -0.2) is 4.98 Å². The fourth-order valence-electron chi connectivity index (χ4n) is 1.77. The second-order valence-electron chi connectivity index (χ2n) is 4.08. The Labute approximate surface area is 105 Å². The average Bonchev–Trinajstić information content (AvgIpc) is 2.39. The van der Waals surface area contributed by atoms with Crippen LogP contribution >= 0.6 is 0 Å². The molecule has 0 saturated carbocycles. The number of hydrogen-bond acceptors (Lipinski definition) is 4. The van der Waals surface area contributed by atoms with Crippen molar-refractivity contribution in [1.82, 2.24) is 4.98 Å². The molecular weight excluding hydrogens is 230 g/mol.